The topological polar surface area (TPSA) is 115 Å². The van der Waals surface area contributed by atoms with Gasteiger partial charge in [-0.1, -0.05) is 36.1 Å². The van der Waals surface area contributed by atoms with Crippen LogP contribution in [0.4, 0.5) is 8.78 Å². The molecule has 8 nitrogen and oxygen atoms in total. The van der Waals surface area contributed by atoms with Crippen molar-refractivity contribution >= 4 is 11.8 Å². The molecule has 1 aliphatic rings. The molecule has 1 saturated heterocycles. The molecule has 3 aromatic rings. The molecule has 0 bridgehead atoms. The van der Waals surface area contributed by atoms with Crippen molar-refractivity contribution in [3.63, 3.8) is 0 Å². The Morgan fingerprint density at radius 1 is 1.05 bits per heavy atom. The number of benzene rings is 2. The summed E-state index contributed by atoms with van der Waals surface area (Å²) in [4.78, 5) is 44.2. The minimum atomic E-state index is -2.75. The van der Waals surface area contributed by atoms with Crippen LogP contribution in [0.1, 0.15) is 46.7 Å². The van der Waals surface area contributed by atoms with Gasteiger partial charge in [0.1, 0.15) is 5.69 Å². The first-order chi connectivity index (χ1) is 18.3. The van der Waals surface area contributed by atoms with E-state index in [1.165, 1.54) is 0 Å². The summed E-state index contributed by atoms with van der Waals surface area (Å²) in [7, 11) is 0. The molecule has 3 N–H and O–H groups in total. The maximum atomic E-state index is 12.6. The van der Waals surface area contributed by atoms with Crippen LogP contribution in [0.3, 0.4) is 0 Å². The van der Waals surface area contributed by atoms with E-state index in [-0.39, 0.29) is 18.0 Å². The number of aromatic hydroxyl groups is 1. The number of nitrogens with zero attached hydrogens (tertiary/aromatic N) is 2. The van der Waals surface area contributed by atoms with E-state index in [1.807, 2.05) is 29.2 Å². The summed E-state index contributed by atoms with van der Waals surface area (Å²) in [6.45, 7) is 0.532. The second-order valence-corrected chi connectivity index (χ2v) is 8.92. The average Bonchev–Trinajstić information content (AvgIpc) is 3.32. The van der Waals surface area contributed by atoms with Crippen LogP contribution in [0.5, 0.6) is 5.75 Å². The predicted molar refractivity (Wildman–Crippen MR) is 135 cm³/mol. The van der Waals surface area contributed by atoms with Gasteiger partial charge in [-0.15, -0.1) is 0 Å². The highest BCUT2D eigenvalue weighted by Gasteiger charge is 2.27. The lowest BCUT2D eigenvalue weighted by atomic mass is 9.94. The van der Waals surface area contributed by atoms with E-state index < -0.39 is 36.1 Å². The molecule has 2 heterocycles. The van der Waals surface area contributed by atoms with Crippen molar-refractivity contribution < 1.29 is 23.5 Å². The number of nitrogens with one attached hydrogen (secondary N) is 2. The van der Waals surface area contributed by atoms with Crippen LogP contribution in [-0.4, -0.2) is 51.3 Å². The third-order valence-corrected chi connectivity index (χ3v) is 6.18. The Kier molecular flexibility index (Phi) is 8.48. The zero-order valence-corrected chi connectivity index (χ0v) is 20.4. The van der Waals surface area contributed by atoms with Crippen LogP contribution < -0.4 is 10.9 Å². The Morgan fingerprint density at radius 3 is 2.26 bits per heavy atom. The second-order valence-electron chi connectivity index (χ2n) is 8.92. The fourth-order valence-corrected chi connectivity index (χ4v) is 4.17. The molecule has 0 aliphatic carbocycles. The maximum absolute atomic E-state index is 12.6. The number of halogens is 2. The van der Waals surface area contributed by atoms with Crippen molar-refractivity contribution in [2.24, 2.45) is 0 Å². The number of hydrogen-bond acceptors (Lipinski definition) is 5. The number of carbonyl (C=O) groups is 2. The minimum absolute atomic E-state index is 0.0216. The summed E-state index contributed by atoms with van der Waals surface area (Å²) in [5.74, 6) is 3.68. The first-order valence-corrected chi connectivity index (χ1v) is 12.1. The van der Waals surface area contributed by atoms with E-state index >= 15 is 0 Å². The van der Waals surface area contributed by atoms with Gasteiger partial charge in [-0.3, -0.25) is 14.4 Å². The summed E-state index contributed by atoms with van der Waals surface area (Å²) >= 11 is 0. The Balaban J connectivity index is 1.44. The molecule has 1 unspecified atom stereocenters. The fourth-order valence-electron chi connectivity index (χ4n) is 4.17. The summed E-state index contributed by atoms with van der Waals surface area (Å²) in [5, 5.41) is 12.3. The van der Waals surface area contributed by atoms with Gasteiger partial charge >= 0.3 is 0 Å². The molecule has 196 valence electrons. The molecule has 1 atom stereocenters. The van der Waals surface area contributed by atoms with Crippen LogP contribution >= 0.6 is 0 Å². The fraction of sp³-hybridized carbons (Fsp3) is 0.286. The second kappa shape index (κ2) is 12.1. The summed E-state index contributed by atoms with van der Waals surface area (Å²) < 4.78 is 25.3. The Hall–Kier alpha value is -4.52. The van der Waals surface area contributed by atoms with Gasteiger partial charge in [-0.05, 0) is 48.2 Å². The first kappa shape index (κ1) is 26.5. The molecule has 38 heavy (non-hydrogen) atoms. The van der Waals surface area contributed by atoms with Gasteiger partial charge in [0.2, 0.25) is 17.6 Å². The Bertz CT molecular complexity index is 1410. The Labute approximate surface area is 217 Å². The third-order valence-electron chi connectivity index (χ3n) is 6.18. The normalized spacial score (nSPS) is 13.8. The lowest BCUT2D eigenvalue weighted by molar-refractivity contribution is -0.128. The van der Waals surface area contributed by atoms with Crippen LogP contribution in [0.25, 0.3) is 0 Å². The van der Waals surface area contributed by atoms with Crippen molar-refractivity contribution in [3.8, 4) is 17.6 Å². The number of hydrogen-bond donors (Lipinski definition) is 3. The molecule has 2 amide bonds. The predicted octanol–water partition coefficient (Wildman–Crippen LogP) is 2.71. The van der Waals surface area contributed by atoms with E-state index in [9.17, 15) is 28.3 Å². The summed E-state index contributed by atoms with van der Waals surface area (Å²) in [5.41, 5.74) is 2.22. The van der Waals surface area contributed by atoms with Gasteiger partial charge in [0.25, 0.3) is 12.0 Å². The number of carbonyl (C=O) groups excluding carboxylic acids is 2. The smallest absolute Gasteiger partial charge is 0.293 e. The van der Waals surface area contributed by atoms with Crippen LogP contribution in [-0.2, 0) is 22.6 Å². The zero-order chi connectivity index (χ0) is 27.1. The van der Waals surface area contributed by atoms with Gasteiger partial charge < -0.3 is 20.3 Å². The lowest BCUT2D eigenvalue weighted by Gasteiger charge is -2.17. The highest BCUT2D eigenvalue weighted by atomic mass is 19.3. The average molecular weight is 521 g/mol. The third kappa shape index (κ3) is 6.82. The molecule has 2 aromatic carbocycles. The molecular formula is C28H26F2N4O4. The zero-order valence-electron chi connectivity index (χ0n) is 20.4. The van der Waals surface area contributed by atoms with Crippen LogP contribution in [0.2, 0.25) is 0 Å². The van der Waals surface area contributed by atoms with Gasteiger partial charge in [-0.25, -0.2) is 13.8 Å². The van der Waals surface area contributed by atoms with Crippen molar-refractivity contribution in [3.05, 3.63) is 93.2 Å². The Morgan fingerprint density at radius 2 is 1.68 bits per heavy atom. The van der Waals surface area contributed by atoms with E-state index in [2.05, 4.69) is 27.1 Å². The SMILES string of the molecule is O=C(NCC(F)F)C(Cc1ccc(C#Cc2ccc(CN3CCCC3=O)cc2)cc1)c1nc[nH]c(=O)c1O. The maximum Gasteiger partial charge on any atom is 0.293 e. The summed E-state index contributed by atoms with van der Waals surface area (Å²) in [6.07, 6.45) is -0.168. The molecular weight excluding hydrogens is 494 g/mol. The van der Waals surface area contributed by atoms with Crippen molar-refractivity contribution in [2.45, 2.75) is 38.2 Å². The number of H-pyrrole nitrogens is 1. The van der Waals surface area contributed by atoms with Crippen molar-refractivity contribution in [1.82, 2.24) is 20.2 Å². The number of aromatic amines is 1. The highest BCUT2D eigenvalue weighted by Crippen LogP contribution is 2.25. The van der Waals surface area contributed by atoms with E-state index in [0.717, 1.165) is 36.0 Å². The molecule has 1 aromatic heterocycles. The largest absolute Gasteiger partial charge is 0.502 e. The van der Waals surface area contributed by atoms with Gasteiger partial charge in [0.15, 0.2) is 0 Å². The molecule has 0 spiro atoms. The molecule has 1 fully saturated rings. The standard InChI is InChI=1S/C28H26F2N4O4/c29-23(30)15-31-27(37)22(25-26(36)28(38)33-17-32-25)14-20-9-5-18(6-10-20)3-4-19-7-11-21(12-8-19)16-34-13-1-2-24(34)35/h5-12,17,22-23,36H,1-2,13-16H2,(H,31,37)(H,32,33,38). The number of likely N-dealkylation sites (tertiary alicyclic amines) is 1. The van der Waals surface area contributed by atoms with Crippen LogP contribution in [0, 0.1) is 11.8 Å². The first-order valence-electron chi connectivity index (χ1n) is 12.1. The van der Waals surface area contributed by atoms with Crippen LogP contribution in [0.15, 0.2) is 59.7 Å². The lowest BCUT2D eigenvalue weighted by Crippen LogP contribution is -2.34. The van der Waals surface area contributed by atoms with Crippen molar-refractivity contribution in [1.29, 1.82) is 0 Å². The minimum Gasteiger partial charge on any atom is -0.502 e. The highest BCUT2D eigenvalue weighted by molar-refractivity contribution is 5.84. The number of aromatic nitrogens is 2. The molecule has 0 saturated carbocycles. The van der Waals surface area contributed by atoms with E-state index in [0.29, 0.717) is 18.5 Å². The number of amides is 2. The van der Waals surface area contributed by atoms with Crippen molar-refractivity contribution in [2.75, 3.05) is 13.1 Å². The molecule has 10 heteroatoms. The molecule has 0 radical (unpaired) electrons. The quantitative estimate of drug-likeness (QED) is 0.395. The number of rotatable bonds is 8. The monoisotopic (exact) mass is 520 g/mol. The van der Waals surface area contributed by atoms with Gasteiger partial charge in [-0.2, -0.15) is 0 Å². The van der Waals surface area contributed by atoms with Gasteiger partial charge in [0.05, 0.1) is 18.8 Å². The van der Waals surface area contributed by atoms with E-state index in [4.69, 9.17) is 0 Å². The number of alkyl halides is 2. The molecule has 1 aliphatic heterocycles. The van der Waals surface area contributed by atoms with E-state index in [1.54, 1.807) is 24.3 Å². The van der Waals surface area contributed by atoms with Gasteiger partial charge in [0, 0.05) is 30.6 Å². The molecule has 4 rings (SSSR count). The summed E-state index contributed by atoms with van der Waals surface area (Å²) in [6, 6.07) is 14.7.